The third-order valence-corrected chi connectivity index (χ3v) is 6.11. The van der Waals surface area contributed by atoms with Gasteiger partial charge in [0.05, 0.1) is 11.3 Å². The lowest BCUT2D eigenvalue weighted by atomic mass is 10.1. The van der Waals surface area contributed by atoms with Crippen LogP contribution in [0, 0.1) is 0 Å². The maximum Gasteiger partial charge on any atom is 0.259 e. The van der Waals surface area contributed by atoms with Crippen molar-refractivity contribution in [1.29, 1.82) is 0 Å². The first-order valence-electron chi connectivity index (χ1n) is 11.1. The van der Waals surface area contributed by atoms with Gasteiger partial charge in [0, 0.05) is 44.2 Å². The quantitative estimate of drug-likeness (QED) is 0.339. The van der Waals surface area contributed by atoms with Crippen molar-refractivity contribution in [2.45, 2.75) is 12.5 Å². The summed E-state index contributed by atoms with van der Waals surface area (Å²) in [4.78, 5) is 23.4. The van der Waals surface area contributed by atoms with Gasteiger partial charge in [0.2, 0.25) is 11.0 Å². The van der Waals surface area contributed by atoms with Crippen LogP contribution in [0.1, 0.15) is 28.4 Å². The minimum atomic E-state index is -0.329. The molecule has 0 aliphatic carbocycles. The normalized spacial score (nSPS) is 11.8. The van der Waals surface area contributed by atoms with Gasteiger partial charge in [-0.15, -0.1) is 10.2 Å². The van der Waals surface area contributed by atoms with Gasteiger partial charge in [0.25, 0.3) is 5.91 Å². The number of benzene rings is 1. The van der Waals surface area contributed by atoms with Crippen LogP contribution in [0.25, 0.3) is 10.6 Å². The maximum absolute atomic E-state index is 12.9. The summed E-state index contributed by atoms with van der Waals surface area (Å²) in [7, 11) is 5.84. The highest BCUT2D eigenvalue weighted by Gasteiger charge is 2.19. The molecule has 1 unspecified atom stereocenters. The SMILES string of the molecule is CNc1cc(C(=O)Nc2nnc(-c3ccncc3)s2)cnc1OC(CCN(C)C)c1ccccc1. The lowest BCUT2D eigenvalue weighted by Gasteiger charge is -2.22. The van der Waals surface area contributed by atoms with E-state index < -0.39 is 0 Å². The summed E-state index contributed by atoms with van der Waals surface area (Å²) in [6, 6.07) is 15.5. The molecule has 3 aromatic heterocycles. The van der Waals surface area contributed by atoms with E-state index in [2.05, 4.69) is 35.7 Å². The summed E-state index contributed by atoms with van der Waals surface area (Å²) in [5.41, 5.74) is 2.97. The largest absolute Gasteiger partial charge is 0.468 e. The van der Waals surface area contributed by atoms with Crippen molar-refractivity contribution in [1.82, 2.24) is 25.1 Å². The van der Waals surface area contributed by atoms with Crippen molar-refractivity contribution in [3.05, 3.63) is 78.2 Å². The number of nitrogens with one attached hydrogen (secondary N) is 2. The van der Waals surface area contributed by atoms with Crippen LogP contribution in [0.2, 0.25) is 0 Å². The predicted molar refractivity (Wildman–Crippen MR) is 138 cm³/mol. The Morgan fingerprint density at radius 2 is 1.89 bits per heavy atom. The molecule has 0 aliphatic heterocycles. The smallest absolute Gasteiger partial charge is 0.259 e. The van der Waals surface area contributed by atoms with Crippen LogP contribution >= 0.6 is 11.3 Å². The second kappa shape index (κ2) is 11.5. The first-order valence-corrected chi connectivity index (χ1v) is 11.9. The summed E-state index contributed by atoms with van der Waals surface area (Å²) in [6.45, 7) is 0.859. The van der Waals surface area contributed by atoms with E-state index in [1.165, 1.54) is 17.5 Å². The van der Waals surface area contributed by atoms with Crippen LogP contribution in [0.15, 0.2) is 67.1 Å². The Morgan fingerprint density at radius 1 is 1.11 bits per heavy atom. The van der Waals surface area contributed by atoms with Crippen LogP contribution in [0.5, 0.6) is 5.88 Å². The van der Waals surface area contributed by atoms with Crippen LogP contribution in [-0.4, -0.2) is 58.7 Å². The average Bonchev–Trinajstić information content (AvgIpc) is 3.36. The molecule has 10 heteroatoms. The lowest BCUT2D eigenvalue weighted by molar-refractivity contribution is 0.102. The van der Waals surface area contributed by atoms with Crippen molar-refractivity contribution in [3.63, 3.8) is 0 Å². The van der Waals surface area contributed by atoms with E-state index in [-0.39, 0.29) is 12.0 Å². The number of anilines is 2. The van der Waals surface area contributed by atoms with Gasteiger partial charge in [-0.05, 0) is 37.9 Å². The molecule has 4 aromatic rings. The Hall–Kier alpha value is -3.89. The molecular weight excluding hydrogens is 462 g/mol. The minimum Gasteiger partial charge on any atom is -0.468 e. The van der Waals surface area contributed by atoms with Gasteiger partial charge in [-0.1, -0.05) is 41.7 Å². The topological polar surface area (TPSA) is 105 Å². The van der Waals surface area contributed by atoms with Gasteiger partial charge in [0.15, 0.2) is 0 Å². The van der Waals surface area contributed by atoms with Gasteiger partial charge in [-0.3, -0.25) is 15.1 Å². The second-order valence-corrected chi connectivity index (χ2v) is 9.02. The average molecular weight is 490 g/mol. The molecule has 0 fully saturated rings. The van der Waals surface area contributed by atoms with Gasteiger partial charge in [-0.2, -0.15) is 0 Å². The van der Waals surface area contributed by atoms with Crippen molar-refractivity contribution < 1.29 is 9.53 Å². The summed E-state index contributed by atoms with van der Waals surface area (Å²) in [6.07, 6.45) is 5.50. The molecule has 35 heavy (non-hydrogen) atoms. The molecule has 0 saturated carbocycles. The molecule has 1 amide bonds. The monoisotopic (exact) mass is 489 g/mol. The highest BCUT2D eigenvalue weighted by molar-refractivity contribution is 7.18. The predicted octanol–water partition coefficient (Wildman–Crippen LogP) is 4.36. The Morgan fingerprint density at radius 3 is 2.60 bits per heavy atom. The molecule has 2 N–H and O–H groups in total. The maximum atomic E-state index is 12.9. The Kier molecular flexibility index (Phi) is 7.96. The standard InChI is InChI=1S/C25H27N7O2S/c1-26-20-15-19(22(33)29-25-31-30-24(35-25)18-9-12-27-13-10-18)16-28-23(20)34-21(11-14-32(2)3)17-7-5-4-6-8-17/h4-10,12-13,15-16,21,26H,11,14H2,1-3H3,(H,29,31,33). The zero-order valence-electron chi connectivity index (χ0n) is 19.8. The zero-order valence-corrected chi connectivity index (χ0v) is 20.6. The molecule has 0 saturated heterocycles. The van der Waals surface area contributed by atoms with E-state index in [9.17, 15) is 4.79 Å². The number of rotatable bonds is 10. The number of carbonyl (C=O) groups excluding carboxylic acids is 1. The fourth-order valence-electron chi connectivity index (χ4n) is 3.38. The highest BCUT2D eigenvalue weighted by atomic mass is 32.1. The lowest BCUT2D eigenvalue weighted by Crippen LogP contribution is -2.19. The Balaban J connectivity index is 1.49. The molecular formula is C25H27N7O2S. The van der Waals surface area contributed by atoms with Crippen molar-refractivity contribution in [2.24, 2.45) is 0 Å². The van der Waals surface area contributed by atoms with E-state index in [4.69, 9.17) is 4.74 Å². The molecule has 4 rings (SSSR count). The van der Waals surface area contributed by atoms with E-state index in [0.29, 0.717) is 27.3 Å². The number of carbonyl (C=O) groups is 1. The third kappa shape index (κ3) is 6.37. The summed E-state index contributed by atoms with van der Waals surface area (Å²) < 4.78 is 6.32. The molecule has 1 aromatic carbocycles. The van der Waals surface area contributed by atoms with Gasteiger partial charge < -0.3 is 15.0 Å². The van der Waals surface area contributed by atoms with Crippen molar-refractivity contribution in [3.8, 4) is 16.5 Å². The summed E-state index contributed by atoms with van der Waals surface area (Å²) >= 11 is 1.29. The summed E-state index contributed by atoms with van der Waals surface area (Å²) in [5, 5.41) is 15.2. The third-order valence-electron chi connectivity index (χ3n) is 5.22. The van der Waals surface area contributed by atoms with Crippen LogP contribution in [0.3, 0.4) is 0 Å². The summed E-state index contributed by atoms with van der Waals surface area (Å²) in [5.74, 6) is 0.109. The molecule has 0 aliphatic rings. The number of ether oxygens (including phenoxy) is 1. The number of hydrogen-bond acceptors (Lipinski definition) is 9. The van der Waals surface area contributed by atoms with Crippen LogP contribution in [0.4, 0.5) is 10.8 Å². The van der Waals surface area contributed by atoms with Crippen LogP contribution in [-0.2, 0) is 0 Å². The number of hydrogen-bond donors (Lipinski definition) is 2. The van der Waals surface area contributed by atoms with E-state index in [1.807, 2.05) is 56.6 Å². The first-order chi connectivity index (χ1) is 17.0. The van der Waals surface area contributed by atoms with E-state index in [0.717, 1.165) is 24.1 Å². The van der Waals surface area contributed by atoms with Gasteiger partial charge >= 0.3 is 0 Å². The van der Waals surface area contributed by atoms with Crippen molar-refractivity contribution >= 4 is 28.1 Å². The fourth-order valence-corrected chi connectivity index (χ4v) is 4.12. The minimum absolute atomic E-state index is 0.175. The van der Waals surface area contributed by atoms with Crippen LogP contribution < -0.4 is 15.4 Å². The van der Waals surface area contributed by atoms with E-state index >= 15 is 0 Å². The first kappa shape index (κ1) is 24.2. The zero-order chi connectivity index (χ0) is 24.6. The molecule has 9 nitrogen and oxygen atoms in total. The molecule has 1 atom stereocenters. The Bertz CT molecular complexity index is 1250. The number of amides is 1. The second-order valence-electron chi connectivity index (χ2n) is 8.04. The van der Waals surface area contributed by atoms with Gasteiger partial charge in [0.1, 0.15) is 11.1 Å². The number of nitrogens with zero attached hydrogens (tertiary/aromatic N) is 5. The highest BCUT2D eigenvalue weighted by Crippen LogP contribution is 2.30. The Labute approximate surface area is 208 Å². The number of aromatic nitrogens is 4. The van der Waals surface area contributed by atoms with Crippen molar-refractivity contribution in [2.75, 3.05) is 38.3 Å². The van der Waals surface area contributed by atoms with E-state index in [1.54, 1.807) is 25.5 Å². The number of pyridine rings is 2. The molecule has 0 radical (unpaired) electrons. The molecule has 0 spiro atoms. The fraction of sp³-hybridized carbons (Fsp3) is 0.240. The van der Waals surface area contributed by atoms with Gasteiger partial charge in [-0.25, -0.2) is 4.98 Å². The molecule has 180 valence electrons. The molecule has 3 heterocycles. The molecule has 0 bridgehead atoms.